The summed E-state index contributed by atoms with van der Waals surface area (Å²) in [6, 6.07) is 12.0. The van der Waals surface area contributed by atoms with Gasteiger partial charge in [0.2, 0.25) is 6.79 Å². The third-order valence-electron chi connectivity index (χ3n) is 4.92. The largest absolute Gasteiger partial charge is 0.497 e. The Labute approximate surface area is 170 Å². The number of fused-ring (bicyclic) bond motifs is 1. The van der Waals surface area contributed by atoms with E-state index in [1.807, 2.05) is 42.7 Å². The van der Waals surface area contributed by atoms with Gasteiger partial charge >= 0.3 is 0 Å². The summed E-state index contributed by atoms with van der Waals surface area (Å²) in [6.07, 6.45) is 7.02. The number of ether oxygens (including phenoxy) is 4. The molecular formula is C23H24N2O4. The Morgan fingerprint density at radius 2 is 1.41 bits per heavy atom. The smallest absolute Gasteiger partial charge is 0.231 e. The molecule has 6 nitrogen and oxygen atoms in total. The molecule has 1 aromatic heterocycles. The van der Waals surface area contributed by atoms with E-state index in [2.05, 4.69) is 11.1 Å². The van der Waals surface area contributed by atoms with E-state index in [-0.39, 0.29) is 0 Å². The molecule has 1 aliphatic heterocycles. The Morgan fingerprint density at radius 1 is 0.759 bits per heavy atom. The van der Waals surface area contributed by atoms with E-state index in [0.29, 0.717) is 6.79 Å². The second kappa shape index (κ2) is 8.82. The molecule has 0 fully saturated rings. The van der Waals surface area contributed by atoms with Gasteiger partial charge in [0.15, 0.2) is 11.5 Å². The highest BCUT2D eigenvalue weighted by molar-refractivity contribution is 5.44. The minimum Gasteiger partial charge on any atom is -0.497 e. The second-order valence-electron chi connectivity index (χ2n) is 6.91. The molecule has 0 unspecified atom stereocenters. The molecule has 0 saturated carbocycles. The van der Waals surface area contributed by atoms with Crippen molar-refractivity contribution in [2.24, 2.45) is 0 Å². The molecule has 1 aliphatic rings. The van der Waals surface area contributed by atoms with Gasteiger partial charge in [0.05, 0.1) is 25.6 Å². The second-order valence-corrected chi connectivity index (χ2v) is 6.91. The standard InChI is InChI=1S/C23H24N2O4/c1-26-20-9-17(10-21(12-20)27-2)4-7-19-14-24-13-18(25-19)6-3-16-5-8-22-23(11-16)29-15-28-22/h5,8-14H,3-4,6-7,15H2,1-2H3. The highest BCUT2D eigenvalue weighted by Gasteiger charge is 2.13. The van der Waals surface area contributed by atoms with Crippen LogP contribution < -0.4 is 18.9 Å². The van der Waals surface area contributed by atoms with E-state index in [1.54, 1.807) is 14.2 Å². The zero-order chi connectivity index (χ0) is 20.1. The van der Waals surface area contributed by atoms with Crippen molar-refractivity contribution in [3.8, 4) is 23.0 Å². The van der Waals surface area contributed by atoms with Gasteiger partial charge in [-0.3, -0.25) is 9.97 Å². The van der Waals surface area contributed by atoms with E-state index in [4.69, 9.17) is 23.9 Å². The zero-order valence-corrected chi connectivity index (χ0v) is 16.7. The van der Waals surface area contributed by atoms with Gasteiger partial charge in [-0.25, -0.2) is 0 Å². The van der Waals surface area contributed by atoms with Gasteiger partial charge in [-0.2, -0.15) is 0 Å². The quantitative estimate of drug-likeness (QED) is 0.581. The zero-order valence-electron chi connectivity index (χ0n) is 16.7. The molecule has 4 rings (SSSR count). The van der Waals surface area contributed by atoms with Crippen LogP contribution in [0.3, 0.4) is 0 Å². The maximum atomic E-state index is 5.45. The lowest BCUT2D eigenvalue weighted by molar-refractivity contribution is 0.174. The summed E-state index contributed by atoms with van der Waals surface area (Å²) in [6.45, 7) is 0.297. The highest BCUT2D eigenvalue weighted by Crippen LogP contribution is 2.32. The van der Waals surface area contributed by atoms with Gasteiger partial charge in [-0.05, 0) is 61.1 Å². The Hall–Kier alpha value is -3.28. The first-order valence-corrected chi connectivity index (χ1v) is 9.64. The molecule has 2 aromatic carbocycles. The van der Waals surface area contributed by atoms with Gasteiger partial charge in [0.1, 0.15) is 11.5 Å². The van der Waals surface area contributed by atoms with Crippen LogP contribution in [0.1, 0.15) is 22.5 Å². The molecule has 2 heterocycles. The van der Waals surface area contributed by atoms with Crippen molar-refractivity contribution < 1.29 is 18.9 Å². The topological polar surface area (TPSA) is 62.7 Å². The van der Waals surface area contributed by atoms with E-state index in [1.165, 1.54) is 5.56 Å². The number of hydrogen-bond acceptors (Lipinski definition) is 6. The van der Waals surface area contributed by atoms with Crippen molar-refractivity contribution in [3.05, 3.63) is 71.3 Å². The van der Waals surface area contributed by atoms with Crippen molar-refractivity contribution in [1.82, 2.24) is 9.97 Å². The first kappa shape index (κ1) is 19.1. The molecular weight excluding hydrogens is 368 g/mol. The molecule has 150 valence electrons. The first-order chi connectivity index (χ1) is 14.2. The van der Waals surface area contributed by atoms with Crippen molar-refractivity contribution in [1.29, 1.82) is 0 Å². The molecule has 3 aromatic rings. The monoisotopic (exact) mass is 392 g/mol. The fourth-order valence-electron chi connectivity index (χ4n) is 3.34. The summed E-state index contributed by atoms with van der Waals surface area (Å²) in [5, 5.41) is 0. The molecule has 0 saturated heterocycles. The van der Waals surface area contributed by atoms with E-state index in [9.17, 15) is 0 Å². The van der Waals surface area contributed by atoms with Crippen LogP contribution in [-0.4, -0.2) is 31.0 Å². The summed E-state index contributed by atoms with van der Waals surface area (Å²) in [7, 11) is 3.32. The molecule has 0 bridgehead atoms. The Kier molecular flexibility index (Phi) is 5.79. The van der Waals surface area contributed by atoms with Crippen molar-refractivity contribution in [3.63, 3.8) is 0 Å². The number of hydrogen-bond donors (Lipinski definition) is 0. The fraction of sp³-hybridized carbons (Fsp3) is 0.304. The van der Waals surface area contributed by atoms with Crippen LogP contribution in [0.5, 0.6) is 23.0 Å². The minimum atomic E-state index is 0.297. The normalized spacial score (nSPS) is 12.1. The van der Waals surface area contributed by atoms with Crippen molar-refractivity contribution >= 4 is 0 Å². The fourth-order valence-corrected chi connectivity index (χ4v) is 3.34. The number of methoxy groups -OCH3 is 2. The number of benzene rings is 2. The van der Waals surface area contributed by atoms with Crippen LogP contribution in [0.15, 0.2) is 48.8 Å². The maximum absolute atomic E-state index is 5.45. The minimum absolute atomic E-state index is 0.297. The molecule has 0 radical (unpaired) electrons. The summed E-state index contributed by atoms with van der Waals surface area (Å²) in [5.41, 5.74) is 4.32. The van der Waals surface area contributed by atoms with Crippen molar-refractivity contribution in [2.45, 2.75) is 25.7 Å². The van der Waals surface area contributed by atoms with Crippen LogP contribution >= 0.6 is 0 Å². The van der Waals surface area contributed by atoms with Gasteiger partial charge in [-0.1, -0.05) is 6.07 Å². The molecule has 29 heavy (non-hydrogen) atoms. The Morgan fingerprint density at radius 3 is 2.10 bits per heavy atom. The molecule has 0 spiro atoms. The van der Waals surface area contributed by atoms with Gasteiger partial charge < -0.3 is 18.9 Å². The number of rotatable bonds is 8. The van der Waals surface area contributed by atoms with Crippen LogP contribution in [0.25, 0.3) is 0 Å². The molecule has 0 amide bonds. The van der Waals surface area contributed by atoms with E-state index in [0.717, 1.165) is 65.6 Å². The lowest BCUT2D eigenvalue weighted by Crippen LogP contribution is -2.02. The number of aromatic nitrogens is 2. The average molecular weight is 392 g/mol. The Bertz CT molecular complexity index is 968. The number of aryl methyl sites for hydroxylation is 4. The summed E-state index contributed by atoms with van der Waals surface area (Å²) in [4.78, 5) is 9.16. The van der Waals surface area contributed by atoms with Crippen LogP contribution in [0.4, 0.5) is 0 Å². The summed E-state index contributed by atoms with van der Waals surface area (Å²) < 4.78 is 21.5. The van der Waals surface area contributed by atoms with Crippen LogP contribution in [0.2, 0.25) is 0 Å². The maximum Gasteiger partial charge on any atom is 0.231 e. The summed E-state index contributed by atoms with van der Waals surface area (Å²) >= 11 is 0. The molecule has 0 N–H and O–H groups in total. The predicted molar refractivity (Wildman–Crippen MR) is 109 cm³/mol. The van der Waals surface area contributed by atoms with Crippen LogP contribution in [0, 0.1) is 0 Å². The van der Waals surface area contributed by atoms with Gasteiger partial charge in [-0.15, -0.1) is 0 Å². The van der Waals surface area contributed by atoms with Crippen LogP contribution in [-0.2, 0) is 25.7 Å². The highest BCUT2D eigenvalue weighted by atomic mass is 16.7. The SMILES string of the molecule is COc1cc(CCc2cncc(CCc3ccc4c(c3)OCO4)n2)cc(OC)c1. The third-order valence-corrected chi connectivity index (χ3v) is 4.92. The molecule has 6 heteroatoms. The average Bonchev–Trinajstić information content (AvgIpc) is 3.24. The third kappa shape index (κ3) is 4.77. The lowest BCUT2D eigenvalue weighted by atomic mass is 10.1. The van der Waals surface area contributed by atoms with Gasteiger partial charge in [0, 0.05) is 18.5 Å². The Balaban J connectivity index is 1.37. The predicted octanol–water partition coefficient (Wildman–Crippen LogP) is 3.79. The summed E-state index contributed by atoms with van der Waals surface area (Å²) in [5.74, 6) is 3.21. The molecule has 0 aliphatic carbocycles. The lowest BCUT2D eigenvalue weighted by Gasteiger charge is -2.09. The first-order valence-electron chi connectivity index (χ1n) is 9.64. The number of nitrogens with zero attached hydrogens (tertiary/aromatic N) is 2. The van der Waals surface area contributed by atoms with Gasteiger partial charge in [0.25, 0.3) is 0 Å². The van der Waals surface area contributed by atoms with E-state index >= 15 is 0 Å². The molecule has 0 atom stereocenters. The van der Waals surface area contributed by atoms with Crippen molar-refractivity contribution in [2.75, 3.05) is 21.0 Å². The van der Waals surface area contributed by atoms with E-state index < -0.39 is 0 Å².